The topological polar surface area (TPSA) is 3.24 Å². The number of rotatable bonds is 3. The molecule has 0 heterocycles. The minimum Gasteiger partial charge on any atom is -0.312 e. The van der Waals surface area contributed by atoms with Crippen LogP contribution in [-0.4, -0.2) is 4.96 Å². The minimum atomic E-state index is -0.607. The van der Waals surface area contributed by atoms with Crippen molar-refractivity contribution in [2.45, 2.75) is 4.96 Å². The zero-order valence-corrected chi connectivity index (χ0v) is 10.1. The SMILES string of the molecule is ClC(Cl)N(c1ccccc1)c1ccccc1. The summed E-state index contributed by atoms with van der Waals surface area (Å²) >= 11 is 12.0. The number of hydrogen-bond acceptors (Lipinski definition) is 1. The largest absolute Gasteiger partial charge is 0.312 e. The molecule has 1 nitrogen and oxygen atoms in total. The minimum absolute atomic E-state index is 0.607. The summed E-state index contributed by atoms with van der Waals surface area (Å²) in [6.07, 6.45) is 0. The van der Waals surface area contributed by atoms with Crippen LogP contribution in [-0.2, 0) is 0 Å². The zero-order chi connectivity index (χ0) is 11.4. The van der Waals surface area contributed by atoms with Gasteiger partial charge >= 0.3 is 0 Å². The number of nitrogens with zero attached hydrogens (tertiary/aromatic N) is 1. The van der Waals surface area contributed by atoms with Gasteiger partial charge in [-0.3, -0.25) is 0 Å². The summed E-state index contributed by atoms with van der Waals surface area (Å²) in [5, 5.41) is 0. The maximum absolute atomic E-state index is 6.00. The fourth-order valence-corrected chi connectivity index (χ4v) is 2.00. The molecule has 0 fully saturated rings. The lowest BCUT2D eigenvalue weighted by Crippen LogP contribution is -2.21. The molecule has 0 aliphatic carbocycles. The Balaban J connectivity index is 2.40. The van der Waals surface area contributed by atoms with Gasteiger partial charge in [-0.05, 0) is 24.3 Å². The van der Waals surface area contributed by atoms with Crippen molar-refractivity contribution in [3.63, 3.8) is 0 Å². The molecule has 2 aromatic rings. The van der Waals surface area contributed by atoms with Gasteiger partial charge in [0.15, 0.2) is 4.96 Å². The Labute approximate surface area is 105 Å². The van der Waals surface area contributed by atoms with Crippen LogP contribution in [0.5, 0.6) is 0 Å². The lowest BCUT2D eigenvalue weighted by atomic mass is 10.2. The highest BCUT2D eigenvalue weighted by Gasteiger charge is 2.15. The average Bonchev–Trinajstić information content (AvgIpc) is 2.31. The predicted octanol–water partition coefficient (Wildman–Crippen LogP) is 4.59. The molecule has 0 aliphatic heterocycles. The van der Waals surface area contributed by atoms with Crippen LogP contribution in [0.2, 0.25) is 0 Å². The lowest BCUT2D eigenvalue weighted by Gasteiger charge is -2.25. The highest BCUT2D eigenvalue weighted by Crippen LogP contribution is 2.30. The number of para-hydroxylation sites is 2. The summed E-state index contributed by atoms with van der Waals surface area (Å²) in [7, 11) is 0. The molecule has 0 aliphatic rings. The van der Waals surface area contributed by atoms with Crippen LogP contribution in [0.3, 0.4) is 0 Å². The average molecular weight is 252 g/mol. The van der Waals surface area contributed by atoms with E-state index in [1.54, 1.807) is 0 Å². The highest BCUT2D eigenvalue weighted by molar-refractivity contribution is 6.45. The van der Waals surface area contributed by atoms with Crippen LogP contribution in [0.15, 0.2) is 60.7 Å². The number of benzene rings is 2. The summed E-state index contributed by atoms with van der Waals surface area (Å²) in [6, 6.07) is 19.7. The predicted molar refractivity (Wildman–Crippen MR) is 70.5 cm³/mol. The van der Waals surface area contributed by atoms with Gasteiger partial charge in [0.25, 0.3) is 0 Å². The fourth-order valence-electron chi connectivity index (χ4n) is 1.55. The molecular weight excluding hydrogens is 241 g/mol. The van der Waals surface area contributed by atoms with Crippen LogP contribution < -0.4 is 4.90 Å². The highest BCUT2D eigenvalue weighted by atomic mass is 35.5. The first-order valence-electron chi connectivity index (χ1n) is 4.96. The van der Waals surface area contributed by atoms with E-state index in [1.807, 2.05) is 65.6 Å². The van der Waals surface area contributed by atoms with Crippen molar-refractivity contribution in [1.82, 2.24) is 0 Å². The van der Waals surface area contributed by atoms with Gasteiger partial charge in [0, 0.05) is 11.4 Å². The smallest absolute Gasteiger partial charge is 0.184 e. The first-order chi connectivity index (χ1) is 7.79. The Morgan fingerprint density at radius 2 is 1.06 bits per heavy atom. The van der Waals surface area contributed by atoms with E-state index in [-0.39, 0.29) is 0 Å². The standard InChI is InChI=1S/C13H11Cl2N/c14-13(15)16(11-7-3-1-4-8-11)12-9-5-2-6-10-12/h1-10,13H. The molecule has 16 heavy (non-hydrogen) atoms. The molecule has 0 spiro atoms. The number of halogens is 2. The Hall–Kier alpha value is -1.18. The molecule has 0 amide bonds. The fraction of sp³-hybridized carbons (Fsp3) is 0.0769. The monoisotopic (exact) mass is 251 g/mol. The number of alkyl halides is 2. The van der Waals surface area contributed by atoms with Crippen molar-refractivity contribution in [1.29, 1.82) is 0 Å². The first-order valence-corrected chi connectivity index (χ1v) is 5.84. The van der Waals surface area contributed by atoms with Crippen molar-refractivity contribution >= 4 is 34.6 Å². The van der Waals surface area contributed by atoms with Crippen molar-refractivity contribution in [3.05, 3.63) is 60.7 Å². The molecule has 0 saturated heterocycles. The molecule has 0 unspecified atom stereocenters. The van der Waals surface area contributed by atoms with Crippen LogP contribution in [0.4, 0.5) is 11.4 Å². The van der Waals surface area contributed by atoms with E-state index >= 15 is 0 Å². The molecule has 0 radical (unpaired) electrons. The van der Waals surface area contributed by atoms with Gasteiger partial charge < -0.3 is 4.90 Å². The molecule has 0 N–H and O–H groups in total. The van der Waals surface area contributed by atoms with Gasteiger partial charge in [0.05, 0.1) is 0 Å². The second-order valence-corrected chi connectivity index (χ2v) is 4.37. The maximum atomic E-state index is 6.00. The quantitative estimate of drug-likeness (QED) is 0.570. The first kappa shape index (κ1) is 11.3. The Kier molecular flexibility index (Phi) is 3.70. The number of anilines is 2. The zero-order valence-electron chi connectivity index (χ0n) is 8.55. The van der Waals surface area contributed by atoms with E-state index < -0.39 is 4.96 Å². The molecule has 0 aromatic heterocycles. The summed E-state index contributed by atoms with van der Waals surface area (Å²) in [5.41, 5.74) is 1.95. The van der Waals surface area contributed by atoms with Gasteiger partial charge in [-0.15, -0.1) is 0 Å². The molecule has 2 aromatic carbocycles. The van der Waals surface area contributed by atoms with Gasteiger partial charge in [-0.1, -0.05) is 59.6 Å². The van der Waals surface area contributed by atoms with Crippen molar-refractivity contribution in [2.75, 3.05) is 4.90 Å². The number of hydrogen-bond donors (Lipinski definition) is 0. The normalized spacial score (nSPS) is 10.4. The molecule has 2 rings (SSSR count). The third-order valence-corrected chi connectivity index (χ3v) is 2.65. The third kappa shape index (κ3) is 2.49. The van der Waals surface area contributed by atoms with E-state index in [2.05, 4.69) is 0 Å². The summed E-state index contributed by atoms with van der Waals surface area (Å²) < 4.78 is 0. The van der Waals surface area contributed by atoms with E-state index in [1.165, 1.54) is 0 Å². The van der Waals surface area contributed by atoms with Crippen LogP contribution >= 0.6 is 23.2 Å². The van der Waals surface area contributed by atoms with Gasteiger partial charge in [0.1, 0.15) is 0 Å². The Bertz CT molecular complexity index is 389. The van der Waals surface area contributed by atoms with Crippen LogP contribution in [0.1, 0.15) is 0 Å². The van der Waals surface area contributed by atoms with Gasteiger partial charge in [-0.2, -0.15) is 0 Å². The summed E-state index contributed by atoms with van der Waals surface area (Å²) in [5.74, 6) is 0. The molecule has 3 heteroatoms. The maximum Gasteiger partial charge on any atom is 0.184 e. The second kappa shape index (κ2) is 5.24. The molecular formula is C13H11Cl2N. The van der Waals surface area contributed by atoms with Crippen molar-refractivity contribution in [2.24, 2.45) is 0 Å². The summed E-state index contributed by atoms with van der Waals surface area (Å²) in [6.45, 7) is 0. The molecule has 0 bridgehead atoms. The molecule has 0 saturated carbocycles. The van der Waals surface area contributed by atoms with Crippen molar-refractivity contribution in [3.8, 4) is 0 Å². The second-order valence-electron chi connectivity index (χ2n) is 3.32. The van der Waals surface area contributed by atoms with Crippen LogP contribution in [0.25, 0.3) is 0 Å². The molecule has 82 valence electrons. The van der Waals surface area contributed by atoms with Gasteiger partial charge in [-0.25, -0.2) is 0 Å². The van der Waals surface area contributed by atoms with Crippen molar-refractivity contribution < 1.29 is 0 Å². The summed E-state index contributed by atoms with van der Waals surface area (Å²) in [4.78, 5) is 1.26. The van der Waals surface area contributed by atoms with E-state index in [4.69, 9.17) is 23.2 Å². The Morgan fingerprint density at radius 1 is 0.688 bits per heavy atom. The third-order valence-electron chi connectivity index (χ3n) is 2.26. The van der Waals surface area contributed by atoms with Crippen LogP contribution in [0, 0.1) is 0 Å². The van der Waals surface area contributed by atoms with E-state index in [0.29, 0.717) is 0 Å². The molecule has 0 atom stereocenters. The Morgan fingerprint density at radius 3 is 1.38 bits per heavy atom. The van der Waals surface area contributed by atoms with E-state index in [0.717, 1.165) is 11.4 Å². The lowest BCUT2D eigenvalue weighted by molar-refractivity contribution is 1.10. The van der Waals surface area contributed by atoms with Gasteiger partial charge in [0.2, 0.25) is 0 Å². The van der Waals surface area contributed by atoms with E-state index in [9.17, 15) is 0 Å².